The minimum atomic E-state index is -3.25. The van der Waals surface area contributed by atoms with E-state index in [1.807, 2.05) is 13.0 Å². The van der Waals surface area contributed by atoms with Crippen molar-refractivity contribution < 1.29 is 14.6 Å². The molecule has 0 saturated carbocycles. The summed E-state index contributed by atoms with van der Waals surface area (Å²) in [6.07, 6.45) is 0. The zero-order valence-electron chi connectivity index (χ0n) is 9.07. The van der Waals surface area contributed by atoms with Gasteiger partial charge in [0.2, 0.25) is 10.0 Å². The third-order valence-corrected chi connectivity index (χ3v) is 3.29. The van der Waals surface area contributed by atoms with Gasteiger partial charge in [-0.1, -0.05) is 6.07 Å². The van der Waals surface area contributed by atoms with Crippen LogP contribution in [0.5, 0.6) is 5.75 Å². The van der Waals surface area contributed by atoms with Crippen LogP contribution < -0.4 is 9.46 Å². The maximum absolute atomic E-state index is 11.4. The molecule has 0 saturated heterocycles. The van der Waals surface area contributed by atoms with Crippen LogP contribution in [0, 0.1) is 6.92 Å². The molecule has 86 valence electrons. The molecule has 0 fully saturated rings. The van der Waals surface area contributed by atoms with Crippen molar-refractivity contribution in [2.24, 2.45) is 0 Å². The van der Waals surface area contributed by atoms with Gasteiger partial charge >= 0.3 is 0 Å². The van der Waals surface area contributed by atoms with E-state index >= 15 is 0 Å². The van der Waals surface area contributed by atoms with Crippen LogP contribution in [0.4, 0.5) is 5.69 Å². The van der Waals surface area contributed by atoms with E-state index in [2.05, 4.69) is 4.72 Å². The number of ether oxygens (including phenoxy) is 1. The summed E-state index contributed by atoms with van der Waals surface area (Å²) in [7, 11) is -1.74. The quantitative estimate of drug-likeness (QED) is 0.862. The molecule has 0 bridgehead atoms. The molecular weight excluding hydrogens is 214 g/mol. The first-order valence-electron chi connectivity index (χ1n) is 4.63. The molecule has 1 rings (SSSR count). The zero-order valence-corrected chi connectivity index (χ0v) is 9.89. The first kappa shape index (κ1) is 11.8. The second kappa shape index (κ2) is 4.53. The average molecular weight is 231 g/mol. The minimum Gasteiger partial charge on any atom is -0.495 e. The van der Waals surface area contributed by atoms with Crippen molar-refractivity contribution in [1.82, 2.24) is 0 Å². The first-order chi connectivity index (χ1) is 6.98. The number of methoxy groups -OCH3 is 1. The summed E-state index contributed by atoms with van der Waals surface area (Å²) in [5, 5.41) is 0. The van der Waals surface area contributed by atoms with Crippen molar-refractivity contribution in [3.05, 3.63) is 23.8 Å². The van der Waals surface area contributed by atoms with Crippen molar-refractivity contribution in [2.45, 2.75) is 13.8 Å². The fourth-order valence-corrected chi connectivity index (χ4v) is 1.78. The maximum atomic E-state index is 11.4. The Morgan fingerprint density at radius 3 is 2.67 bits per heavy atom. The lowest BCUT2D eigenvalue weighted by Crippen LogP contribution is -2.15. The molecular formula is C10H17NO3S. The molecule has 4 nitrogen and oxygen atoms in total. The normalized spacial score (nSPS) is 11.1. The lowest BCUT2D eigenvalue weighted by Gasteiger charge is -2.11. The van der Waals surface area contributed by atoms with Crippen LogP contribution in [-0.2, 0) is 10.0 Å². The number of hydrogen-bond acceptors (Lipinski definition) is 3. The molecule has 0 spiro atoms. The van der Waals surface area contributed by atoms with E-state index in [1.165, 1.54) is 7.11 Å². The molecule has 15 heavy (non-hydrogen) atoms. The zero-order chi connectivity index (χ0) is 11.5. The van der Waals surface area contributed by atoms with Crippen molar-refractivity contribution in [3.8, 4) is 5.75 Å². The highest BCUT2D eigenvalue weighted by Crippen LogP contribution is 2.26. The van der Waals surface area contributed by atoms with Gasteiger partial charge in [0.05, 0.1) is 18.6 Å². The number of rotatable bonds is 4. The largest absolute Gasteiger partial charge is 0.495 e. The molecule has 0 radical (unpaired) electrons. The van der Waals surface area contributed by atoms with Crippen molar-refractivity contribution in [3.63, 3.8) is 0 Å². The van der Waals surface area contributed by atoms with Gasteiger partial charge in [-0.25, -0.2) is 8.42 Å². The summed E-state index contributed by atoms with van der Waals surface area (Å²) in [5.41, 5.74) is 1.46. The molecule has 1 N–H and O–H groups in total. The monoisotopic (exact) mass is 231 g/mol. The van der Waals surface area contributed by atoms with Crippen LogP contribution in [0.1, 0.15) is 13.9 Å². The van der Waals surface area contributed by atoms with Gasteiger partial charge in [-0.3, -0.25) is 4.72 Å². The fourth-order valence-electron chi connectivity index (χ4n) is 1.14. The lowest BCUT2D eigenvalue weighted by atomic mass is 10.2. The molecule has 0 aromatic heterocycles. The predicted octanol–water partition coefficient (Wildman–Crippen LogP) is 2.01. The molecule has 0 unspecified atom stereocenters. The van der Waals surface area contributed by atoms with Crippen LogP contribution in [-0.4, -0.2) is 21.3 Å². The molecule has 1 aromatic carbocycles. The first-order valence-corrected chi connectivity index (χ1v) is 6.29. The summed E-state index contributed by atoms with van der Waals surface area (Å²) < 4.78 is 30.3. The molecule has 5 heteroatoms. The minimum absolute atomic E-state index is 0. The van der Waals surface area contributed by atoms with Gasteiger partial charge in [0, 0.05) is 1.43 Å². The van der Waals surface area contributed by atoms with E-state index in [0.717, 1.165) is 5.56 Å². The molecule has 0 heterocycles. The van der Waals surface area contributed by atoms with Crippen LogP contribution in [0.15, 0.2) is 18.2 Å². The van der Waals surface area contributed by atoms with Gasteiger partial charge in [-0.2, -0.15) is 0 Å². The molecule has 0 aliphatic carbocycles. The van der Waals surface area contributed by atoms with Crippen molar-refractivity contribution in [2.75, 3.05) is 17.6 Å². The molecule has 0 atom stereocenters. The van der Waals surface area contributed by atoms with Gasteiger partial charge in [0.25, 0.3) is 0 Å². The number of hydrogen-bond donors (Lipinski definition) is 1. The highest BCUT2D eigenvalue weighted by atomic mass is 32.2. The maximum Gasteiger partial charge on any atom is 0.232 e. The highest BCUT2D eigenvalue weighted by molar-refractivity contribution is 7.92. The lowest BCUT2D eigenvalue weighted by molar-refractivity contribution is 0.417. The number of anilines is 1. The summed E-state index contributed by atoms with van der Waals surface area (Å²) in [6, 6.07) is 5.34. The Hall–Kier alpha value is -1.23. The van der Waals surface area contributed by atoms with Crippen molar-refractivity contribution >= 4 is 15.7 Å². The van der Waals surface area contributed by atoms with Crippen molar-refractivity contribution in [1.29, 1.82) is 0 Å². The Kier molecular flexibility index (Phi) is 3.57. The Bertz CT molecular complexity index is 445. The average Bonchev–Trinajstić information content (AvgIpc) is 2.18. The SMILES string of the molecule is CCS(=O)(=O)Nc1cc(C)ccc1OC.[HH]. The van der Waals surface area contributed by atoms with Gasteiger partial charge in [-0.05, 0) is 31.5 Å². The Balaban J connectivity index is 0.00000225. The second-order valence-corrected chi connectivity index (χ2v) is 5.22. The predicted molar refractivity (Wildman–Crippen MR) is 62.9 cm³/mol. The van der Waals surface area contributed by atoms with E-state index in [4.69, 9.17) is 4.74 Å². The van der Waals surface area contributed by atoms with Crippen LogP contribution in [0.3, 0.4) is 0 Å². The van der Waals surface area contributed by atoms with E-state index in [-0.39, 0.29) is 7.18 Å². The number of nitrogens with one attached hydrogen (secondary N) is 1. The Morgan fingerprint density at radius 2 is 2.13 bits per heavy atom. The number of aryl methyl sites for hydroxylation is 1. The van der Waals surface area contributed by atoms with E-state index in [1.54, 1.807) is 19.1 Å². The Labute approximate surface area is 91.8 Å². The smallest absolute Gasteiger partial charge is 0.232 e. The van der Waals surface area contributed by atoms with E-state index in [9.17, 15) is 8.42 Å². The van der Waals surface area contributed by atoms with E-state index < -0.39 is 10.0 Å². The van der Waals surface area contributed by atoms with Crippen LogP contribution >= 0.6 is 0 Å². The number of benzene rings is 1. The molecule has 0 amide bonds. The summed E-state index contributed by atoms with van der Waals surface area (Å²) in [5.74, 6) is 0.571. The topological polar surface area (TPSA) is 55.4 Å². The summed E-state index contributed by atoms with van der Waals surface area (Å²) in [6.45, 7) is 3.48. The van der Waals surface area contributed by atoms with Gasteiger partial charge in [0.1, 0.15) is 5.75 Å². The van der Waals surface area contributed by atoms with Gasteiger partial charge in [-0.15, -0.1) is 0 Å². The molecule has 0 aliphatic heterocycles. The standard InChI is InChI=1S/C10H15NO3S.H2/c1-4-15(12,13)11-9-7-8(2)5-6-10(9)14-3;/h5-7,11H,4H2,1-3H3;1H. The summed E-state index contributed by atoms with van der Waals surface area (Å²) >= 11 is 0. The van der Waals surface area contributed by atoms with Crippen LogP contribution in [0.25, 0.3) is 0 Å². The number of sulfonamides is 1. The van der Waals surface area contributed by atoms with E-state index in [0.29, 0.717) is 11.4 Å². The highest BCUT2D eigenvalue weighted by Gasteiger charge is 2.10. The second-order valence-electron chi connectivity index (χ2n) is 3.21. The summed E-state index contributed by atoms with van der Waals surface area (Å²) in [4.78, 5) is 0. The fraction of sp³-hybridized carbons (Fsp3) is 0.400. The van der Waals surface area contributed by atoms with Gasteiger partial charge in [0.15, 0.2) is 0 Å². The van der Waals surface area contributed by atoms with Crippen LogP contribution in [0.2, 0.25) is 0 Å². The Morgan fingerprint density at radius 1 is 1.47 bits per heavy atom. The third kappa shape index (κ3) is 3.13. The van der Waals surface area contributed by atoms with Gasteiger partial charge < -0.3 is 4.74 Å². The molecule has 0 aliphatic rings. The molecule has 1 aromatic rings. The third-order valence-electron chi connectivity index (χ3n) is 2.00.